The fourth-order valence-electron chi connectivity index (χ4n) is 3.34. The van der Waals surface area contributed by atoms with Crippen molar-refractivity contribution in [2.45, 2.75) is 20.4 Å². The van der Waals surface area contributed by atoms with E-state index in [4.69, 9.17) is 17.3 Å². The molecule has 4 rings (SSSR count). The van der Waals surface area contributed by atoms with Gasteiger partial charge in [-0.05, 0) is 31.0 Å². The van der Waals surface area contributed by atoms with Crippen LogP contribution in [0.25, 0.3) is 10.4 Å². The minimum atomic E-state index is -0.556. The second-order valence-corrected chi connectivity index (χ2v) is 8.97. The van der Waals surface area contributed by atoms with Gasteiger partial charge in [0, 0.05) is 4.88 Å². The molecule has 7 nitrogen and oxygen atoms in total. The topological polar surface area (TPSA) is 102 Å². The number of hydrogen-bond donors (Lipinski definition) is 3. The highest BCUT2D eigenvalue weighted by Gasteiger charge is 2.22. The zero-order chi connectivity index (χ0) is 23.5. The fourth-order valence-corrected chi connectivity index (χ4v) is 4.64. The van der Waals surface area contributed by atoms with Crippen LogP contribution in [0.2, 0.25) is 5.15 Å². The van der Waals surface area contributed by atoms with Crippen molar-refractivity contribution in [3.05, 3.63) is 93.1 Å². The number of aryl methyl sites for hydroxylation is 2. The molecular formula is C24H22ClN5O2S. The van der Waals surface area contributed by atoms with E-state index in [1.807, 2.05) is 61.5 Å². The number of hydrogen-bond acceptors (Lipinski definition) is 5. The van der Waals surface area contributed by atoms with Gasteiger partial charge in [0.2, 0.25) is 0 Å². The molecule has 0 aliphatic carbocycles. The van der Waals surface area contributed by atoms with E-state index in [9.17, 15) is 9.59 Å². The van der Waals surface area contributed by atoms with E-state index in [-0.39, 0.29) is 10.7 Å². The summed E-state index contributed by atoms with van der Waals surface area (Å²) in [7, 11) is 0. The number of hydrazine groups is 1. The maximum absolute atomic E-state index is 12.8. The smallest absolute Gasteiger partial charge is 0.281 e. The molecule has 168 valence electrons. The Morgan fingerprint density at radius 1 is 1.03 bits per heavy atom. The quantitative estimate of drug-likeness (QED) is 0.364. The first-order valence-corrected chi connectivity index (χ1v) is 11.4. The molecule has 0 saturated carbocycles. The van der Waals surface area contributed by atoms with Crippen LogP contribution in [0.15, 0.2) is 60.7 Å². The summed E-state index contributed by atoms with van der Waals surface area (Å²) in [6.45, 7) is 4.13. The molecule has 2 aromatic carbocycles. The van der Waals surface area contributed by atoms with Crippen LogP contribution in [0.5, 0.6) is 0 Å². The van der Waals surface area contributed by atoms with Gasteiger partial charge in [-0.1, -0.05) is 71.8 Å². The SMILES string of the molecule is Cc1ccc(Cn2nc(C)c(C(=O)NNC(=O)c3sc(-c4ccccc4)cc3N)c2Cl)cc1. The number of halogens is 1. The normalized spacial score (nSPS) is 10.8. The van der Waals surface area contributed by atoms with Gasteiger partial charge >= 0.3 is 0 Å². The summed E-state index contributed by atoms with van der Waals surface area (Å²) in [6, 6.07) is 19.3. The molecule has 0 saturated heterocycles. The molecule has 9 heteroatoms. The zero-order valence-corrected chi connectivity index (χ0v) is 19.6. The average Bonchev–Trinajstić information content (AvgIpc) is 3.33. The molecule has 4 N–H and O–H groups in total. The number of benzene rings is 2. The van der Waals surface area contributed by atoms with Gasteiger partial charge in [-0.15, -0.1) is 11.3 Å². The Morgan fingerprint density at radius 3 is 2.39 bits per heavy atom. The lowest BCUT2D eigenvalue weighted by Crippen LogP contribution is -2.41. The van der Waals surface area contributed by atoms with E-state index in [0.29, 0.717) is 22.8 Å². The molecule has 0 radical (unpaired) electrons. The van der Waals surface area contributed by atoms with Crippen molar-refractivity contribution in [1.29, 1.82) is 0 Å². The summed E-state index contributed by atoms with van der Waals surface area (Å²) < 4.78 is 1.56. The monoisotopic (exact) mass is 479 g/mol. The van der Waals surface area contributed by atoms with Crippen LogP contribution < -0.4 is 16.6 Å². The molecule has 0 atom stereocenters. The van der Waals surface area contributed by atoms with Gasteiger partial charge in [0.15, 0.2) is 0 Å². The van der Waals surface area contributed by atoms with Gasteiger partial charge < -0.3 is 5.73 Å². The number of nitrogens with one attached hydrogen (secondary N) is 2. The number of nitrogen functional groups attached to an aromatic ring is 1. The lowest BCUT2D eigenvalue weighted by molar-refractivity contribution is 0.0849. The lowest BCUT2D eigenvalue weighted by atomic mass is 10.1. The van der Waals surface area contributed by atoms with Crippen LogP contribution >= 0.6 is 22.9 Å². The highest BCUT2D eigenvalue weighted by Crippen LogP contribution is 2.33. The Labute approximate surface area is 200 Å². The first-order chi connectivity index (χ1) is 15.8. The third-order valence-electron chi connectivity index (χ3n) is 5.06. The van der Waals surface area contributed by atoms with Gasteiger partial charge in [0.05, 0.1) is 17.9 Å². The van der Waals surface area contributed by atoms with E-state index in [0.717, 1.165) is 21.6 Å². The van der Waals surface area contributed by atoms with Crippen molar-refractivity contribution in [1.82, 2.24) is 20.6 Å². The zero-order valence-electron chi connectivity index (χ0n) is 18.1. The number of anilines is 1. The Bertz CT molecular complexity index is 1310. The van der Waals surface area contributed by atoms with Crippen molar-refractivity contribution in [3.8, 4) is 10.4 Å². The van der Waals surface area contributed by atoms with Crippen molar-refractivity contribution in [2.75, 3.05) is 5.73 Å². The third kappa shape index (κ3) is 4.92. The standard InChI is InChI=1S/C24H22ClN5O2S/c1-14-8-10-16(11-9-14)13-30-22(25)20(15(2)29-30)23(31)27-28-24(32)21-18(26)12-19(33-21)17-6-4-3-5-7-17/h3-12H,13,26H2,1-2H3,(H,27,31)(H,28,32). The average molecular weight is 480 g/mol. The molecule has 0 spiro atoms. The van der Waals surface area contributed by atoms with Crippen LogP contribution in [-0.2, 0) is 6.54 Å². The summed E-state index contributed by atoms with van der Waals surface area (Å²) >= 11 is 7.69. The molecule has 4 aromatic rings. The molecule has 2 amide bonds. The number of amides is 2. The van der Waals surface area contributed by atoms with Crippen molar-refractivity contribution in [3.63, 3.8) is 0 Å². The summed E-state index contributed by atoms with van der Waals surface area (Å²) in [4.78, 5) is 26.6. The molecule has 0 aliphatic heterocycles. The van der Waals surface area contributed by atoms with E-state index in [2.05, 4.69) is 16.0 Å². The van der Waals surface area contributed by atoms with Crippen LogP contribution in [0, 0.1) is 13.8 Å². The van der Waals surface area contributed by atoms with Crippen LogP contribution in [0.4, 0.5) is 5.69 Å². The number of nitrogens with two attached hydrogens (primary N) is 1. The summed E-state index contributed by atoms with van der Waals surface area (Å²) in [6.07, 6.45) is 0. The predicted octanol–water partition coefficient (Wildman–Crippen LogP) is 4.59. The minimum Gasteiger partial charge on any atom is -0.397 e. The third-order valence-corrected chi connectivity index (χ3v) is 6.64. The predicted molar refractivity (Wildman–Crippen MR) is 131 cm³/mol. The van der Waals surface area contributed by atoms with Crippen molar-refractivity contribution >= 4 is 40.4 Å². The number of aromatic nitrogens is 2. The molecular weight excluding hydrogens is 458 g/mol. The number of thiophene rings is 1. The fraction of sp³-hybridized carbons (Fsp3) is 0.125. The van der Waals surface area contributed by atoms with Gasteiger partial charge in [0.1, 0.15) is 15.6 Å². The lowest BCUT2D eigenvalue weighted by Gasteiger charge is -2.07. The first-order valence-electron chi connectivity index (χ1n) is 10.2. The second kappa shape index (κ2) is 9.48. The van der Waals surface area contributed by atoms with Gasteiger partial charge in [-0.2, -0.15) is 5.10 Å². The van der Waals surface area contributed by atoms with Crippen LogP contribution in [0.1, 0.15) is 36.9 Å². The Hall–Kier alpha value is -3.62. The Morgan fingerprint density at radius 2 is 1.70 bits per heavy atom. The molecule has 2 aromatic heterocycles. The number of carbonyl (C=O) groups is 2. The highest BCUT2D eigenvalue weighted by atomic mass is 35.5. The number of carbonyl (C=O) groups excluding carboxylic acids is 2. The van der Waals surface area contributed by atoms with E-state index in [1.165, 1.54) is 11.3 Å². The van der Waals surface area contributed by atoms with Crippen molar-refractivity contribution < 1.29 is 9.59 Å². The van der Waals surface area contributed by atoms with E-state index >= 15 is 0 Å². The molecule has 0 aliphatic rings. The Kier molecular flexibility index (Phi) is 6.48. The summed E-state index contributed by atoms with van der Waals surface area (Å²) in [5.74, 6) is -1.06. The maximum Gasteiger partial charge on any atom is 0.281 e. The van der Waals surface area contributed by atoms with Crippen LogP contribution in [0.3, 0.4) is 0 Å². The second-order valence-electron chi connectivity index (χ2n) is 7.56. The van der Waals surface area contributed by atoms with Gasteiger partial charge in [0.25, 0.3) is 11.8 Å². The van der Waals surface area contributed by atoms with Crippen molar-refractivity contribution in [2.24, 2.45) is 0 Å². The molecule has 33 heavy (non-hydrogen) atoms. The van der Waals surface area contributed by atoms with Crippen LogP contribution in [-0.4, -0.2) is 21.6 Å². The molecule has 0 bridgehead atoms. The molecule has 2 heterocycles. The summed E-state index contributed by atoms with van der Waals surface area (Å²) in [5, 5.41) is 4.57. The minimum absolute atomic E-state index is 0.196. The summed E-state index contributed by atoms with van der Waals surface area (Å²) in [5.41, 5.74) is 15.0. The maximum atomic E-state index is 12.8. The molecule has 0 fully saturated rings. The van der Waals surface area contributed by atoms with E-state index < -0.39 is 11.8 Å². The highest BCUT2D eigenvalue weighted by molar-refractivity contribution is 7.18. The van der Waals surface area contributed by atoms with Gasteiger partial charge in [-0.3, -0.25) is 20.4 Å². The molecule has 0 unspecified atom stereocenters. The number of rotatable bonds is 5. The van der Waals surface area contributed by atoms with E-state index in [1.54, 1.807) is 17.7 Å². The first kappa shape index (κ1) is 22.6. The van der Waals surface area contributed by atoms with Gasteiger partial charge in [-0.25, -0.2) is 4.68 Å². The number of nitrogens with zero attached hydrogens (tertiary/aromatic N) is 2. The largest absolute Gasteiger partial charge is 0.397 e. The Balaban J connectivity index is 1.45.